The third-order valence-corrected chi connectivity index (χ3v) is 8.78. The summed E-state index contributed by atoms with van der Waals surface area (Å²) < 4.78 is 5.93. The number of hydrogen-bond donors (Lipinski definition) is 1. The van der Waals surface area contributed by atoms with Crippen molar-refractivity contribution in [2.24, 2.45) is 33.0 Å². The average Bonchev–Trinajstić information content (AvgIpc) is 2.74. The largest absolute Gasteiger partial charge is 0.381 e. The molecule has 2 unspecified atom stereocenters. The van der Waals surface area contributed by atoms with Crippen LogP contribution >= 0.6 is 0 Å². The van der Waals surface area contributed by atoms with Crippen molar-refractivity contribution in [3.63, 3.8) is 0 Å². The fraction of sp³-hybridized carbons (Fsp3) is 1.00. The van der Waals surface area contributed by atoms with Crippen LogP contribution in [0.15, 0.2) is 0 Å². The number of hydrogen-bond acceptors (Lipinski definition) is 2. The first-order valence-electron chi connectivity index (χ1n) is 8.85. The van der Waals surface area contributed by atoms with Gasteiger partial charge in [0.2, 0.25) is 0 Å². The van der Waals surface area contributed by atoms with E-state index >= 15 is 0 Å². The van der Waals surface area contributed by atoms with E-state index in [1.807, 2.05) is 0 Å². The van der Waals surface area contributed by atoms with Gasteiger partial charge in [-0.05, 0) is 35.0 Å². The Labute approximate surface area is 131 Å². The monoisotopic (exact) mass is 293 g/mol. The standard InChI is InChI=1S/C19H35NO/c1-14(2)18(8-9-21-13-18)16(5,6)17(7)10-15(3,4)19(17)11-20-12-19/h14,20H,8-13H2,1-7H3. The van der Waals surface area contributed by atoms with E-state index in [2.05, 4.69) is 53.8 Å². The third-order valence-electron chi connectivity index (χ3n) is 8.78. The average molecular weight is 293 g/mol. The maximum atomic E-state index is 5.93. The summed E-state index contributed by atoms with van der Waals surface area (Å²) in [5, 5.41) is 3.59. The highest BCUT2D eigenvalue weighted by molar-refractivity contribution is 5.26. The van der Waals surface area contributed by atoms with Crippen molar-refractivity contribution in [3.05, 3.63) is 0 Å². The second-order valence-electron chi connectivity index (χ2n) is 9.82. The maximum Gasteiger partial charge on any atom is 0.0531 e. The molecule has 0 bridgehead atoms. The summed E-state index contributed by atoms with van der Waals surface area (Å²) in [6.45, 7) is 21.8. The predicted octanol–water partition coefficient (Wildman–Crippen LogP) is 4.10. The van der Waals surface area contributed by atoms with E-state index in [9.17, 15) is 0 Å². The fourth-order valence-electron chi connectivity index (χ4n) is 6.73. The van der Waals surface area contributed by atoms with Crippen molar-refractivity contribution < 1.29 is 4.74 Å². The van der Waals surface area contributed by atoms with Crippen molar-refractivity contribution >= 4 is 0 Å². The molecule has 2 saturated heterocycles. The molecular weight excluding hydrogens is 258 g/mol. The predicted molar refractivity (Wildman–Crippen MR) is 88.3 cm³/mol. The van der Waals surface area contributed by atoms with E-state index in [1.54, 1.807) is 0 Å². The minimum absolute atomic E-state index is 0.308. The number of rotatable bonds is 3. The molecule has 2 heteroatoms. The van der Waals surface area contributed by atoms with Gasteiger partial charge in [-0.15, -0.1) is 0 Å². The molecule has 21 heavy (non-hydrogen) atoms. The summed E-state index contributed by atoms with van der Waals surface area (Å²) in [4.78, 5) is 0. The maximum absolute atomic E-state index is 5.93. The van der Waals surface area contributed by atoms with E-state index < -0.39 is 0 Å². The van der Waals surface area contributed by atoms with Crippen LogP contribution in [-0.4, -0.2) is 26.3 Å². The Bertz CT molecular complexity index is 427. The van der Waals surface area contributed by atoms with Gasteiger partial charge in [0.25, 0.3) is 0 Å². The highest BCUT2D eigenvalue weighted by Crippen LogP contribution is 2.78. The van der Waals surface area contributed by atoms with Gasteiger partial charge in [0.15, 0.2) is 0 Å². The zero-order chi connectivity index (χ0) is 15.7. The normalized spacial score (nSPS) is 41.1. The molecule has 1 saturated carbocycles. The van der Waals surface area contributed by atoms with Gasteiger partial charge in [-0.3, -0.25) is 0 Å². The summed E-state index contributed by atoms with van der Waals surface area (Å²) in [7, 11) is 0. The van der Waals surface area contributed by atoms with Crippen molar-refractivity contribution in [2.75, 3.05) is 26.3 Å². The molecule has 0 aromatic rings. The van der Waals surface area contributed by atoms with Crippen molar-refractivity contribution in [1.82, 2.24) is 5.32 Å². The highest BCUT2D eigenvalue weighted by Gasteiger charge is 2.76. The molecule has 1 N–H and O–H groups in total. The fourth-order valence-corrected chi connectivity index (χ4v) is 6.73. The van der Waals surface area contributed by atoms with E-state index in [0.717, 1.165) is 13.2 Å². The Morgan fingerprint density at radius 3 is 2.05 bits per heavy atom. The van der Waals surface area contributed by atoms with Crippen LogP contribution in [0.3, 0.4) is 0 Å². The summed E-state index contributed by atoms with van der Waals surface area (Å²) in [6.07, 6.45) is 2.58. The molecule has 2 nitrogen and oxygen atoms in total. The Morgan fingerprint density at radius 1 is 1.10 bits per heavy atom. The van der Waals surface area contributed by atoms with Crippen LogP contribution in [0.4, 0.5) is 0 Å². The minimum Gasteiger partial charge on any atom is -0.381 e. The van der Waals surface area contributed by atoms with Crippen molar-refractivity contribution in [1.29, 1.82) is 0 Å². The first-order chi connectivity index (χ1) is 9.56. The third kappa shape index (κ3) is 1.52. The molecule has 3 fully saturated rings. The zero-order valence-corrected chi connectivity index (χ0v) is 15.2. The molecule has 2 atom stereocenters. The first-order valence-corrected chi connectivity index (χ1v) is 8.85. The molecule has 3 rings (SSSR count). The number of ether oxygens (including phenoxy) is 1. The second-order valence-corrected chi connectivity index (χ2v) is 9.82. The molecule has 122 valence electrons. The van der Waals surface area contributed by atoms with Gasteiger partial charge in [-0.25, -0.2) is 0 Å². The molecule has 1 spiro atoms. The zero-order valence-electron chi connectivity index (χ0n) is 15.2. The second kappa shape index (κ2) is 4.26. The lowest BCUT2D eigenvalue weighted by molar-refractivity contribution is -0.298. The van der Waals surface area contributed by atoms with Crippen molar-refractivity contribution in [2.45, 2.75) is 61.3 Å². The van der Waals surface area contributed by atoms with Gasteiger partial charge < -0.3 is 10.1 Å². The molecule has 0 aromatic heterocycles. The van der Waals surface area contributed by atoms with E-state index in [-0.39, 0.29) is 0 Å². The Hall–Kier alpha value is -0.0800. The Balaban J connectivity index is 2.02. The van der Waals surface area contributed by atoms with Gasteiger partial charge in [0.1, 0.15) is 0 Å². The van der Waals surface area contributed by atoms with Gasteiger partial charge >= 0.3 is 0 Å². The van der Waals surface area contributed by atoms with Gasteiger partial charge in [-0.2, -0.15) is 0 Å². The summed E-state index contributed by atoms with van der Waals surface area (Å²) in [5.74, 6) is 0.681. The van der Waals surface area contributed by atoms with Crippen LogP contribution in [-0.2, 0) is 4.74 Å². The molecule has 0 aromatic carbocycles. The minimum atomic E-state index is 0.308. The van der Waals surface area contributed by atoms with Gasteiger partial charge in [-0.1, -0.05) is 48.5 Å². The van der Waals surface area contributed by atoms with Gasteiger partial charge in [0.05, 0.1) is 6.61 Å². The van der Waals surface area contributed by atoms with Crippen LogP contribution in [0.25, 0.3) is 0 Å². The smallest absolute Gasteiger partial charge is 0.0531 e. The summed E-state index contributed by atoms with van der Waals surface area (Å²) in [6, 6.07) is 0. The lowest BCUT2D eigenvalue weighted by atomic mass is 9.27. The van der Waals surface area contributed by atoms with Crippen LogP contribution in [0.2, 0.25) is 0 Å². The Kier molecular flexibility index (Phi) is 3.20. The lowest BCUT2D eigenvalue weighted by Crippen LogP contribution is -2.80. The number of nitrogens with one attached hydrogen (secondary N) is 1. The molecule has 1 aliphatic carbocycles. The lowest BCUT2D eigenvalue weighted by Gasteiger charge is -2.79. The quantitative estimate of drug-likeness (QED) is 0.846. The summed E-state index contributed by atoms with van der Waals surface area (Å²) >= 11 is 0. The van der Waals surface area contributed by atoms with Crippen LogP contribution in [0.1, 0.15) is 61.3 Å². The van der Waals surface area contributed by atoms with E-state index in [4.69, 9.17) is 4.74 Å². The molecule has 2 aliphatic heterocycles. The van der Waals surface area contributed by atoms with E-state index in [1.165, 1.54) is 25.9 Å². The Morgan fingerprint density at radius 2 is 1.71 bits per heavy atom. The molecule has 3 aliphatic rings. The van der Waals surface area contributed by atoms with Crippen LogP contribution in [0, 0.1) is 33.0 Å². The topological polar surface area (TPSA) is 21.3 Å². The highest BCUT2D eigenvalue weighted by atomic mass is 16.5. The van der Waals surface area contributed by atoms with Crippen LogP contribution in [0.5, 0.6) is 0 Å². The van der Waals surface area contributed by atoms with Crippen LogP contribution < -0.4 is 5.32 Å². The van der Waals surface area contributed by atoms with Gasteiger partial charge in [0, 0.05) is 30.5 Å². The first kappa shape index (κ1) is 15.8. The molecule has 0 amide bonds. The van der Waals surface area contributed by atoms with E-state index in [0.29, 0.717) is 33.0 Å². The molecule has 0 radical (unpaired) electrons. The molecular formula is C19H35NO. The van der Waals surface area contributed by atoms with Crippen molar-refractivity contribution in [3.8, 4) is 0 Å². The summed E-state index contributed by atoms with van der Waals surface area (Å²) in [5.41, 5.74) is 2.01. The SMILES string of the molecule is CC(C)C1(C(C)(C)C2(C)CC(C)(C)C23CNC3)CCOC1. The molecule has 2 heterocycles.